The van der Waals surface area contributed by atoms with Crippen LogP contribution in [0.3, 0.4) is 0 Å². The van der Waals surface area contributed by atoms with Gasteiger partial charge in [-0.3, -0.25) is 9.59 Å². The van der Waals surface area contributed by atoms with E-state index in [9.17, 15) is 9.59 Å². The zero-order chi connectivity index (χ0) is 22.5. The van der Waals surface area contributed by atoms with Crippen LogP contribution < -0.4 is 9.47 Å². The molecular weight excluding hydrogens is 476 g/mol. The molecule has 166 valence electrons. The van der Waals surface area contributed by atoms with Crippen LogP contribution in [-0.4, -0.2) is 54.9 Å². The molecule has 0 aliphatic carbocycles. The number of furan rings is 1. The number of hydrogen-bond donors (Lipinski definition) is 0. The molecule has 0 spiro atoms. The Balaban J connectivity index is 1.42. The van der Waals surface area contributed by atoms with E-state index < -0.39 is 0 Å². The molecule has 0 unspecified atom stereocenters. The molecule has 8 heteroatoms. The van der Waals surface area contributed by atoms with Crippen LogP contribution in [0.2, 0.25) is 0 Å². The number of hydrogen-bond acceptors (Lipinski definition) is 5. The van der Waals surface area contributed by atoms with Gasteiger partial charge in [0.05, 0.1) is 17.8 Å². The van der Waals surface area contributed by atoms with E-state index in [1.54, 1.807) is 41.2 Å². The third-order valence-corrected chi connectivity index (χ3v) is 5.88. The number of halogens is 1. The average Bonchev–Trinajstić information content (AvgIpc) is 3.37. The third-order valence-electron chi connectivity index (χ3n) is 5.29. The first kappa shape index (κ1) is 22.0. The molecule has 2 amide bonds. The first-order chi connectivity index (χ1) is 15.6. The highest BCUT2D eigenvalue weighted by Crippen LogP contribution is 2.37. The molecule has 0 bridgehead atoms. The molecule has 7 nitrogen and oxygen atoms in total. The molecule has 4 rings (SSSR count). The van der Waals surface area contributed by atoms with E-state index in [0.717, 1.165) is 5.56 Å². The SMILES string of the molecule is COc1cc(C(=O)N2CCN(C(=O)c3ccco3)CC2)cc(Br)c1OCc1ccccc1. The van der Waals surface area contributed by atoms with Gasteiger partial charge in [0.1, 0.15) is 6.61 Å². The molecule has 1 aromatic heterocycles. The Morgan fingerprint density at radius 3 is 2.28 bits per heavy atom. The maximum atomic E-state index is 13.1. The molecular formula is C24H23BrN2O5. The fourth-order valence-electron chi connectivity index (χ4n) is 3.56. The smallest absolute Gasteiger partial charge is 0.289 e. The third kappa shape index (κ3) is 4.80. The van der Waals surface area contributed by atoms with Gasteiger partial charge in [-0.1, -0.05) is 30.3 Å². The molecule has 32 heavy (non-hydrogen) atoms. The summed E-state index contributed by atoms with van der Waals surface area (Å²) < 4.78 is 17.3. The van der Waals surface area contributed by atoms with Crippen molar-refractivity contribution in [3.05, 3.63) is 82.2 Å². The van der Waals surface area contributed by atoms with Gasteiger partial charge in [-0.2, -0.15) is 0 Å². The van der Waals surface area contributed by atoms with Crippen molar-refractivity contribution in [2.45, 2.75) is 6.61 Å². The summed E-state index contributed by atoms with van der Waals surface area (Å²) in [7, 11) is 1.55. The Morgan fingerprint density at radius 2 is 1.66 bits per heavy atom. The van der Waals surface area contributed by atoms with Gasteiger partial charge >= 0.3 is 0 Å². The van der Waals surface area contributed by atoms with E-state index >= 15 is 0 Å². The summed E-state index contributed by atoms with van der Waals surface area (Å²) in [5.74, 6) is 1.05. The monoisotopic (exact) mass is 498 g/mol. The van der Waals surface area contributed by atoms with Gasteiger partial charge in [0.2, 0.25) is 0 Å². The van der Waals surface area contributed by atoms with Gasteiger partial charge in [0, 0.05) is 31.7 Å². The van der Waals surface area contributed by atoms with Crippen LogP contribution in [0, 0.1) is 0 Å². The van der Waals surface area contributed by atoms with Crippen LogP contribution in [0.15, 0.2) is 69.8 Å². The molecule has 1 saturated heterocycles. The van der Waals surface area contributed by atoms with Crippen LogP contribution in [0.25, 0.3) is 0 Å². The van der Waals surface area contributed by atoms with Gasteiger partial charge in [-0.15, -0.1) is 0 Å². The highest BCUT2D eigenvalue weighted by molar-refractivity contribution is 9.10. The normalized spacial score (nSPS) is 13.7. The Labute approximate surface area is 194 Å². The molecule has 1 fully saturated rings. The van der Waals surface area contributed by atoms with E-state index in [1.807, 2.05) is 30.3 Å². The van der Waals surface area contributed by atoms with Crippen LogP contribution in [0.5, 0.6) is 11.5 Å². The molecule has 3 aromatic rings. The van der Waals surface area contributed by atoms with Crippen molar-refractivity contribution in [3.63, 3.8) is 0 Å². The standard InChI is InChI=1S/C24H23BrN2O5/c1-30-21-15-18(14-19(25)22(21)32-16-17-6-3-2-4-7-17)23(28)26-9-11-27(12-10-26)24(29)20-8-5-13-31-20/h2-8,13-15H,9-12,16H2,1H3. The van der Waals surface area contributed by atoms with Gasteiger partial charge in [-0.05, 0) is 45.8 Å². The Morgan fingerprint density at radius 1 is 0.969 bits per heavy atom. The van der Waals surface area contributed by atoms with Crippen molar-refractivity contribution >= 4 is 27.7 Å². The van der Waals surface area contributed by atoms with Crippen LogP contribution >= 0.6 is 15.9 Å². The fraction of sp³-hybridized carbons (Fsp3) is 0.250. The number of rotatable bonds is 6. The number of nitrogens with zero attached hydrogens (tertiary/aromatic N) is 2. The number of methoxy groups -OCH3 is 1. The summed E-state index contributed by atoms with van der Waals surface area (Å²) in [5.41, 5.74) is 1.52. The van der Waals surface area contributed by atoms with E-state index in [4.69, 9.17) is 13.9 Å². The van der Waals surface area contributed by atoms with E-state index in [-0.39, 0.29) is 11.8 Å². The van der Waals surface area contributed by atoms with Crippen LogP contribution in [-0.2, 0) is 6.61 Å². The highest BCUT2D eigenvalue weighted by atomic mass is 79.9. The van der Waals surface area contributed by atoms with Crippen molar-refractivity contribution in [1.29, 1.82) is 0 Å². The minimum absolute atomic E-state index is 0.122. The Kier molecular flexibility index (Phi) is 6.80. The molecule has 0 saturated carbocycles. The van der Waals surface area contributed by atoms with E-state index in [1.165, 1.54) is 6.26 Å². The molecule has 1 aliphatic rings. The zero-order valence-electron chi connectivity index (χ0n) is 17.6. The second kappa shape index (κ2) is 9.91. The van der Waals surface area contributed by atoms with Crippen molar-refractivity contribution in [3.8, 4) is 11.5 Å². The lowest BCUT2D eigenvalue weighted by atomic mass is 10.1. The molecule has 1 aliphatic heterocycles. The number of benzene rings is 2. The zero-order valence-corrected chi connectivity index (χ0v) is 19.2. The van der Waals surface area contributed by atoms with Gasteiger partial charge < -0.3 is 23.7 Å². The Bertz CT molecular complexity index is 1080. The topological polar surface area (TPSA) is 72.2 Å². The highest BCUT2D eigenvalue weighted by Gasteiger charge is 2.27. The second-order valence-corrected chi connectivity index (χ2v) is 8.18. The number of carbonyl (C=O) groups is 2. The lowest BCUT2D eigenvalue weighted by Crippen LogP contribution is -2.50. The second-order valence-electron chi connectivity index (χ2n) is 7.33. The van der Waals surface area contributed by atoms with Crippen molar-refractivity contribution in [1.82, 2.24) is 9.80 Å². The fourth-order valence-corrected chi connectivity index (χ4v) is 4.12. The maximum Gasteiger partial charge on any atom is 0.289 e. The first-order valence-electron chi connectivity index (χ1n) is 10.2. The lowest BCUT2D eigenvalue weighted by molar-refractivity contribution is 0.0518. The summed E-state index contributed by atoms with van der Waals surface area (Å²) in [6.45, 7) is 2.16. The molecule has 0 N–H and O–H groups in total. The predicted octanol–water partition coefficient (Wildman–Crippen LogP) is 4.23. The van der Waals surface area contributed by atoms with E-state index in [2.05, 4.69) is 15.9 Å². The molecule has 0 radical (unpaired) electrons. The van der Waals surface area contributed by atoms with Crippen LogP contribution in [0.4, 0.5) is 0 Å². The molecule has 2 aromatic carbocycles. The lowest BCUT2D eigenvalue weighted by Gasteiger charge is -2.34. The number of amides is 2. The first-order valence-corrected chi connectivity index (χ1v) is 11.0. The Hall–Kier alpha value is -3.26. The average molecular weight is 499 g/mol. The summed E-state index contributed by atoms with van der Waals surface area (Å²) in [5, 5.41) is 0. The number of piperazine rings is 1. The van der Waals surface area contributed by atoms with E-state index in [0.29, 0.717) is 60.1 Å². The maximum absolute atomic E-state index is 13.1. The summed E-state index contributed by atoms with van der Waals surface area (Å²) >= 11 is 3.52. The minimum atomic E-state index is -0.161. The molecule has 2 heterocycles. The van der Waals surface area contributed by atoms with Gasteiger partial charge in [-0.25, -0.2) is 0 Å². The van der Waals surface area contributed by atoms with Gasteiger partial charge in [0.15, 0.2) is 17.3 Å². The van der Waals surface area contributed by atoms with Crippen LogP contribution in [0.1, 0.15) is 26.5 Å². The molecule has 0 atom stereocenters. The summed E-state index contributed by atoms with van der Waals surface area (Å²) in [4.78, 5) is 29.0. The summed E-state index contributed by atoms with van der Waals surface area (Å²) in [6, 6.07) is 16.6. The van der Waals surface area contributed by atoms with Gasteiger partial charge in [0.25, 0.3) is 11.8 Å². The quantitative estimate of drug-likeness (QED) is 0.508. The number of ether oxygens (including phenoxy) is 2. The predicted molar refractivity (Wildman–Crippen MR) is 122 cm³/mol. The minimum Gasteiger partial charge on any atom is -0.493 e. The summed E-state index contributed by atoms with van der Waals surface area (Å²) in [6.07, 6.45) is 1.48. The van der Waals surface area contributed by atoms with Crippen molar-refractivity contribution in [2.75, 3.05) is 33.3 Å². The number of carbonyl (C=O) groups excluding carboxylic acids is 2. The van der Waals surface area contributed by atoms with Crippen molar-refractivity contribution < 1.29 is 23.5 Å². The largest absolute Gasteiger partial charge is 0.493 e. The van der Waals surface area contributed by atoms with Crippen molar-refractivity contribution in [2.24, 2.45) is 0 Å².